The number of nitrogens with two attached hydrogens (primary N) is 1. The van der Waals surface area contributed by atoms with Crippen LogP contribution in [0.4, 0.5) is 11.6 Å². The Morgan fingerprint density at radius 3 is 2.79 bits per heavy atom. The van der Waals surface area contributed by atoms with E-state index in [-0.39, 0.29) is 5.97 Å². The van der Waals surface area contributed by atoms with Gasteiger partial charge in [0.1, 0.15) is 6.33 Å². The normalized spacial score (nSPS) is 9.84. The molecular formula is C11H19N5O3. The molecule has 1 aromatic rings. The van der Waals surface area contributed by atoms with E-state index in [2.05, 4.69) is 20.7 Å². The first-order valence-corrected chi connectivity index (χ1v) is 5.98. The summed E-state index contributed by atoms with van der Waals surface area (Å²) < 4.78 is 9.99. The minimum Gasteiger partial charge on any atom is -0.490 e. The maximum Gasteiger partial charge on any atom is 0.305 e. The Hall–Kier alpha value is -2.09. The number of rotatable bonds is 8. The molecule has 0 atom stereocenters. The molecule has 0 spiro atoms. The van der Waals surface area contributed by atoms with E-state index in [1.54, 1.807) is 6.92 Å². The van der Waals surface area contributed by atoms with Gasteiger partial charge >= 0.3 is 5.97 Å². The zero-order valence-corrected chi connectivity index (χ0v) is 11.1. The molecule has 0 amide bonds. The molecular weight excluding hydrogens is 250 g/mol. The molecule has 0 radical (unpaired) electrons. The third kappa shape index (κ3) is 4.59. The molecule has 0 aliphatic rings. The van der Waals surface area contributed by atoms with Gasteiger partial charge < -0.3 is 20.2 Å². The Labute approximate surface area is 111 Å². The van der Waals surface area contributed by atoms with Gasteiger partial charge in [0.25, 0.3) is 0 Å². The zero-order chi connectivity index (χ0) is 14.1. The molecule has 8 heteroatoms. The zero-order valence-electron chi connectivity index (χ0n) is 11.1. The van der Waals surface area contributed by atoms with E-state index in [0.29, 0.717) is 43.4 Å². The van der Waals surface area contributed by atoms with Crippen molar-refractivity contribution in [2.24, 2.45) is 5.84 Å². The van der Waals surface area contributed by atoms with Crippen molar-refractivity contribution in [1.29, 1.82) is 0 Å². The number of anilines is 2. The van der Waals surface area contributed by atoms with Crippen molar-refractivity contribution < 1.29 is 14.3 Å². The van der Waals surface area contributed by atoms with Crippen molar-refractivity contribution in [1.82, 2.24) is 9.97 Å². The topological polar surface area (TPSA) is 111 Å². The highest BCUT2D eigenvalue weighted by Gasteiger charge is 2.10. The van der Waals surface area contributed by atoms with E-state index in [9.17, 15) is 4.79 Å². The monoisotopic (exact) mass is 269 g/mol. The molecule has 4 N–H and O–H groups in total. The summed E-state index contributed by atoms with van der Waals surface area (Å²) in [6, 6.07) is 0. The average molecular weight is 269 g/mol. The van der Waals surface area contributed by atoms with Crippen molar-refractivity contribution >= 4 is 17.6 Å². The van der Waals surface area contributed by atoms with Crippen molar-refractivity contribution in [2.45, 2.75) is 19.8 Å². The lowest BCUT2D eigenvalue weighted by Crippen LogP contribution is -2.13. The van der Waals surface area contributed by atoms with Crippen molar-refractivity contribution in [3.63, 3.8) is 0 Å². The minimum atomic E-state index is -0.205. The number of aromatic nitrogens is 2. The van der Waals surface area contributed by atoms with Gasteiger partial charge in [0.05, 0.1) is 13.7 Å². The fourth-order valence-electron chi connectivity index (χ4n) is 1.47. The van der Waals surface area contributed by atoms with Crippen LogP contribution in [-0.4, -0.2) is 36.2 Å². The summed E-state index contributed by atoms with van der Waals surface area (Å²) in [5.74, 6) is 6.46. The quantitative estimate of drug-likeness (QED) is 0.271. The van der Waals surface area contributed by atoms with Crippen LogP contribution in [0.15, 0.2) is 6.33 Å². The predicted molar refractivity (Wildman–Crippen MR) is 70.8 cm³/mol. The Bertz CT molecular complexity index is 413. The van der Waals surface area contributed by atoms with E-state index < -0.39 is 0 Å². The smallest absolute Gasteiger partial charge is 0.305 e. The number of hydrogen-bond donors (Lipinski definition) is 3. The van der Waals surface area contributed by atoms with Crippen LogP contribution in [0.25, 0.3) is 0 Å². The summed E-state index contributed by atoms with van der Waals surface area (Å²) >= 11 is 0. The minimum absolute atomic E-state index is 0.205. The number of nitrogens with one attached hydrogen (secondary N) is 2. The van der Waals surface area contributed by atoms with Crippen LogP contribution in [0.3, 0.4) is 0 Å². The third-order valence-electron chi connectivity index (χ3n) is 2.30. The van der Waals surface area contributed by atoms with Gasteiger partial charge in [-0.25, -0.2) is 15.8 Å². The van der Waals surface area contributed by atoms with Gasteiger partial charge in [-0.05, 0) is 13.3 Å². The molecule has 0 aromatic carbocycles. The van der Waals surface area contributed by atoms with Crippen LogP contribution in [0.1, 0.15) is 19.8 Å². The molecule has 0 aliphatic heterocycles. The standard InChI is InChI=1S/C11H19N5O3/c1-3-19-8(17)5-4-6-13-10-9(18-2)11(16-12)15-7-14-10/h7H,3-6,12H2,1-2H3,(H2,13,14,15,16). The largest absolute Gasteiger partial charge is 0.490 e. The first-order chi connectivity index (χ1) is 9.22. The molecule has 106 valence electrons. The van der Waals surface area contributed by atoms with E-state index in [1.165, 1.54) is 13.4 Å². The first kappa shape index (κ1) is 15.0. The second-order valence-electron chi connectivity index (χ2n) is 3.58. The number of ether oxygens (including phenoxy) is 2. The molecule has 0 saturated carbocycles. The Balaban J connectivity index is 2.47. The van der Waals surface area contributed by atoms with Gasteiger partial charge in [-0.1, -0.05) is 0 Å². The van der Waals surface area contributed by atoms with E-state index in [1.807, 2.05) is 0 Å². The molecule has 0 fully saturated rings. The fraction of sp³-hybridized carbons (Fsp3) is 0.545. The van der Waals surface area contributed by atoms with Crippen molar-refractivity contribution in [2.75, 3.05) is 31.0 Å². The number of esters is 1. The number of nitrogens with zero attached hydrogens (tertiary/aromatic N) is 2. The van der Waals surface area contributed by atoms with Gasteiger partial charge in [-0.15, -0.1) is 0 Å². The van der Waals surface area contributed by atoms with Crippen LogP contribution in [0.5, 0.6) is 5.75 Å². The number of carbonyl (C=O) groups excluding carboxylic acids is 1. The van der Waals surface area contributed by atoms with E-state index in [0.717, 1.165) is 0 Å². The molecule has 0 unspecified atom stereocenters. The van der Waals surface area contributed by atoms with E-state index >= 15 is 0 Å². The van der Waals surface area contributed by atoms with Crippen LogP contribution in [0.2, 0.25) is 0 Å². The van der Waals surface area contributed by atoms with Gasteiger partial charge in [0.2, 0.25) is 5.75 Å². The van der Waals surface area contributed by atoms with Crippen LogP contribution < -0.4 is 21.3 Å². The number of methoxy groups -OCH3 is 1. The van der Waals surface area contributed by atoms with Gasteiger partial charge in [0.15, 0.2) is 11.6 Å². The molecule has 1 heterocycles. The summed E-state index contributed by atoms with van der Waals surface area (Å²) in [5.41, 5.74) is 2.42. The maximum absolute atomic E-state index is 11.2. The summed E-state index contributed by atoms with van der Waals surface area (Å²) in [7, 11) is 1.50. The highest BCUT2D eigenvalue weighted by molar-refractivity contribution is 5.69. The average Bonchev–Trinajstić information content (AvgIpc) is 2.43. The Morgan fingerprint density at radius 2 is 2.16 bits per heavy atom. The summed E-state index contributed by atoms with van der Waals surface area (Å²) in [6.07, 6.45) is 2.36. The van der Waals surface area contributed by atoms with Crippen LogP contribution in [-0.2, 0) is 9.53 Å². The van der Waals surface area contributed by atoms with Gasteiger partial charge in [-0.3, -0.25) is 4.79 Å². The number of hydrogen-bond acceptors (Lipinski definition) is 8. The van der Waals surface area contributed by atoms with Gasteiger partial charge in [-0.2, -0.15) is 0 Å². The second-order valence-corrected chi connectivity index (χ2v) is 3.58. The SMILES string of the molecule is CCOC(=O)CCCNc1ncnc(NN)c1OC. The molecule has 0 bridgehead atoms. The molecule has 1 rings (SSSR count). The number of nitrogen functional groups attached to an aromatic ring is 1. The lowest BCUT2D eigenvalue weighted by molar-refractivity contribution is -0.143. The summed E-state index contributed by atoms with van der Waals surface area (Å²) in [5, 5.41) is 3.06. The molecule has 1 aromatic heterocycles. The fourth-order valence-corrected chi connectivity index (χ4v) is 1.47. The number of hydrazine groups is 1. The lowest BCUT2D eigenvalue weighted by atomic mass is 10.3. The van der Waals surface area contributed by atoms with Crippen molar-refractivity contribution in [3.05, 3.63) is 6.33 Å². The van der Waals surface area contributed by atoms with Crippen molar-refractivity contribution in [3.8, 4) is 5.75 Å². The van der Waals surface area contributed by atoms with Crippen LogP contribution in [0, 0.1) is 0 Å². The third-order valence-corrected chi connectivity index (χ3v) is 2.30. The summed E-state index contributed by atoms with van der Waals surface area (Å²) in [6.45, 7) is 2.75. The van der Waals surface area contributed by atoms with Crippen LogP contribution >= 0.6 is 0 Å². The Kier molecular flexibility index (Phi) is 6.37. The van der Waals surface area contributed by atoms with Gasteiger partial charge in [0, 0.05) is 13.0 Å². The lowest BCUT2D eigenvalue weighted by Gasteiger charge is -2.12. The highest BCUT2D eigenvalue weighted by atomic mass is 16.5. The molecule has 0 aliphatic carbocycles. The first-order valence-electron chi connectivity index (χ1n) is 5.98. The second kappa shape index (κ2) is 8.09. The number of carbonyl (C=O) groups is 1. The van der Waals surface area contributed by atoms with E-state index in [4.69, 9.17) is 15.3 Å². The summed E-state index contributed by atoms with van der Waals surface area (Å²) in [4.78, 5) is 19.1. The highest BCUT2D eigenvalue weighted by Crippen LogP contribution is 2.27. The maximum atomic E-state index is 11.2. The molecule has 0 saturated heterocycles. The predicted octanol–water partition coefficient (Wildman–Crippen LogP) is 0.526. The Morgan fingerprint density at radius 1 is 1.42 bits per heavy atom. The molecule has 19 heavy (non-hydrogen) atoms. The molecule has 8 nitrogen and oxygen atoms in total.